The van der Waals surface area contributed by atoms with E-state index in [-0.39, 0.29) is 18.2 Å². The highest BCUT2D eigenvalue weighted by atomic mass is 16.5. The van der Waals surface area contributed by atoms with Crippen LogP contribution in [0.1, 0.15) is 31.2 Å². The van der Waals surface area contributed by atoms with Gasteiger partial charge in [-0.3, -0.25) is 14.4 Å². The first-order chi connectivity index (χ1) is 15.4. The summed E-state index contributed by atoms with van der Waals surface area (Å²) in [6.45, 7) is 9.19. The maximum Gasteiger partial charge on any atom is 0.307 e. The molecule has 0 unspecified atom stereocenters. The molecule has 0 saturated carbocycles. The zero-order valence-corrected chi connectivity index (χ0v) is 18.3. The summed E-state index contributed by atoms with van der Waals surface area (Å²) in [5.41, 5.74) is 1.70. The lowest BCUT2D eigenvalue weighted by atomic mass is 10.1. The fraction of sp³-hybridized carbons (Fsp3) is 0.375. The quantitative estimate of drug-likeness (QED) is 0.291. The molecule has 1 heterocycles. The van der Waals surface area contributed by atoms with Crippen LogP contribution in [0, 0.1) is 0 Å². The normalized spacial score (nSPS) is 10.5. The van der Waals surface area contributed by atoms with Gasteiger partial charge in [0.25, 0.3) is 0 Å². The van der Waals surface area contributed by atoms with Crippen molar-refractivity contribution in [3.8, 4) is 5.75 Å². The monoisotopic (exact) mass is 441 g/mol. The molecule has 172 valence electrons. The number of rotatable bonds is 15. The second-order valence-corrected chi connectivity index (χ2v) is 7.35. The van der Waals surface area contributed by atoms with E-state index in [2.05, 4.69) is 28.4 Å². The van der Waals surface area contributed by atoms with E-state index >= 15 is 0 Å². The number of aromatic nitrogens is 1. The third-order valence-electron chi connectivity index (χ3n) is 4.91. The van der Waals surface area contributed by atoms with Crippen LogP contribution in [0.2, 0.25) is 0 Å². The van der Waals surface area contributed by atoms with Crippen LogP contribution in [0.4, 0.5) is 0 Å². The first-order valence-electron chi connectivity index (χ1n) is 10.7. The molecule has 0 bridgehead atoms. The van der Waals surface area contributed by atoms with Crippen molar-refractivity contribution in [2.24, 2.45) is 0 Å². The third kappa shape index (κ3) is 7.94. The molecule has 32 heavy (non-hydrogen) atoms. The highest BCUT2D eigenvalue weighted by Gasteiger charge is 2.12. The van der Waals surface area contributed by atoms with Crippen LogP contribution in [-0.2, 0) is 27.3 Å². The van der Waals surface area contributed by atoms with Crippen LogP contribution in [0.5, 0.6) is 5.75 Å². The Labute approximate surface area is 187 Å². The Balaban J connectivity index is 1.96. The summed E-state index contributed by atoms with van der Waals surface area (Å²) in [5.74, 6) is -0.573. The molecule has 0 atom stereocenters. The van der Waals surface area contributed by atoms with Crippen LogP contribution < -0.4 is 15.4 Å². The maximum absolute atomic E-state index is 11.3. The molecule has 8 nitrogen and oxygen atoms in total. The summed E-state index contributed by atoms with van der Waals surface area (Å²) >= 11 is 0. The number of nitrogens with one attached hydrogen (secondary N) is 2. The number of unbranched alkanes of at least 4 members (excludes halogenated alkanes) is 2. The van der Waals surface area contributed by atoms with Gasteiger partial charge in [-0.05, 0) is 61.6 Å². The van der Waals surface area contributed by atoms with Crippen LogP contribution in [0.25, 0.3) is 10.9 Å². The molecule has 0 aliphatic carbocycles. The van der Waals surface area contributed by atoms with Gasteiger partial charge in [0, 0.05) is 36.7 Å². The average molecular weight is 442 g/mol. The molecular weight excluding hydrogens is 410 g/mol. The van der Waals surface area contributed by atoms with Crippen LogP contribution in [-0.4, -0.2) is 47.2 Å². The predicted octanol–water partition coefficient (Wildman–Crippen LogP) is 2.81. The van der Waals surface area contributed by atoms with Gasteiger partial charge in [-0.1, -0.05) is 13.2 Å². The van der Waals surface area contributed by atoms with Crippen LogP contribution in [0.15, 0.2) is 49.7 Å². The van der Waals surface area contributed by atoms with E-state index in [1.54, 1.807) is 0 Å². The zero-order valence-electron chi connectivity index (χ0n) is 18.3. The summed E-state index contributed by atoms with van der Waals surface area (Å²) in [6, 6.07) is 5.71. The predicted molar refractivity (Wildman–Crippen MR) is 124 cm³/mol. The largest absolute Gasteiger partial charge is 0.494 e. The van der Waals surface area contributed by atoms with Crippen LogP contribution >= 0.6 is 0 Å². The lowest BCUT2D eigenvalue weighted by Gasteiger charge is -2.09. The summed E-state index contributed by atoms with van der Waals surface area (Å²) < 4.78 is 7.88. The number of nitrogens with zero attached hydrogens (tertiary/aromatic N) is 1. The van der Waals surface area contributed by atoms with E-state index in [4.69, 9.17) is 4.74 Å². The van der Waals surface area contributed by atoms with Crippen molar-refractivity contribution in [2.75, 3.05) is 19.7 Å². The van der Waals surface area contributed by atoms with Gasteiger partial charge in [-0.15, -0.1) is 0 Å². The molecule has 1 aromatic carbocycles. The molecule has 1 aromatic heterocycles. The minimum atomic E-state index is -0.885. The standard InChI is InChI=1S/C24H31N3O5/c1-3-22(28)25-11-5-7-13-27-17-18(15-24(30)31)20-16-19(9-10-21(20)27)32-14-8-6-12-26-23(29)4-2/h3-4,9-10,16-17H,1-2,5-8,11-15H2,(H,25,28)(H,26,29)(H,30,31). The molecule has 0 aliphatic rings. The van der Waals surface area contributed by atoms with Gasteiger partial charge in [-0.25, -0.2) is 0 Å². The number of fused-ring (bicyclic) bond motifs is 1. The van der Waals surface area contributed by atoms with Crippen molar-refractivity contribution in [1.82, 2.24) is 15.2 Å². The van der Waals surface area contributed by atoms with E-state index < -0.39 is 5.97 Å². The SMILES string of the molecule is C=CC(=O)NCCCCOc1ccc2c(c1)c(CC(=O)O)cn2CCCCNC(=O)C=C. The summed E-state index contributed by atoms with van der Waals surface area (Å²) in [4.78, 5) is 33.6. The molecule has 0 aliphatic heterocycles. The van der Waals surface area contributed by atoms with E-state index in [1.807, 2.05) is 24.4 Å². The fourth-order valence-electron chi connectivity index (χ4n) is 3.32. The maximum atomic E-state index is 11.3. The van der Waals surface area contributed by atoms with E-state index in [0.29, 0.717) is 25.4 Å². The van der Waals surface area contributed by atoms with Gasteiger partial charge in [0.2, 0.25) is 11.8 Å². The van der Waals surface area contributed by atoms with Gasteiger partial charge >= 0.3 is 5.97 Å². The molecule has 2 aromatic rings. The number of hydrogen-bond acceptors (Lipinski definition) is 4. The van der Waals surface area contributed by atoms with Crippen molar-refractivity contribution < 1.29 is 24.2 Å². The van der Waals surface area contributed by atoms with Gasteiger partial charge < -0.3 is 25.0 Å². The van der Waals surface area contributed by atoms with E-state index in [0.717, 1.165) is 48.7 Å². The number of hydrogen-bond donors (Lipinski definition) is 3. The van der Waals surface area contributed by atoms with Crippen molar-refractivity contribution in [2.45, 2.75) is 38.6 Å². The average Bonchev–Trinajstić information content (AvgIpc) is 3.11. The molecule has 8 heteroatoms. The molecule has 0 spiro atoms. The molecule has 0 fully saturated rings. The van der Waals surface area contributed by atoms with Crippen LogP contribution in [0.3, 0.4) is 0 Å². The minimum Gasteiger partial charge on any atom is -0.494 e. The van der Waals surface area contributed by atoms with Crippen molar-refractivity contribution in [3.05, 3.63) is 55.3 Å². The lowest BCUT2D eigenvalue weighted by molar-refractivity contribution is -0.136. The van der Waals surface area contributed by atoms with Crippen molar-refractivity contribution in [1.29, 1.82) is 0 Å². The molecule has 0 radical (unpaired) electrons. The summed E-state index contributed by atoms with van der Waals surface area (Å²) in [7, 11) is 0. The Bertz CT molecular complexity index is 964. The lowest BCUT2D eigenvalue weighted by Crippen LogP contribution is -2.22. The Morgan fingerprint density at radius 1 is 1.00 bits per heavy atom. The minimum absolute atomic E-state index is 0.0641. The second kappa shape index (κ2) is 13.0. The Kier molecular flexibility index (Phi) is 10.0. The topological polar surface area (TPSA) is 110 Å². The van der Waals surface area contributed by atoms with Crippen molar-refractivity contribution >= 4 is 28.7 Å². The van der Waals surface area contributed by atoms with E-state index in [1.165, 1.54) is 12.2 Å². The van der Waals surface area contributed by atoms with Gasteiger partial charge in [0.05, 0.1) is 13.0 Å². The molecular formula is C24H31N3O5. The molecule has 0 saturated heterocycles. The van der Waals surface area contributed by atoms with Gasteiger partial charge in [0.15, 0.2) is 0 Å². The Morgan fingerprint density at radius 2 is 1.66 bits per heavy atom. The Hall–Kier alpha value is -3.55. The highest BCUT2D eigenvalue weighted by molar-refractivity contribution is 5.89. The number of amides is 2. The third-order valence-corrected chi connectivity index (χ3v) is 4.91. The highest BCUT2D eigenvalue weighted by Crippen LogP contribution is 2.27. The number of benzene rings is 1. The molecule has 2 rings (SSSR count). The number of carboxylic acid groups (broad SMARTS) is 1. The first kappa shape index (κ1) is 24.7. The summed E-state index contributed by atoms with van der Waals surface area (Å²) in [5, 5.41) is 15.6. The van der Waals surface area contributed by atoms with Gasteiger partial charge in [0.1, 0.15) is 5.75 Å². The second-order valence-electron chi connectivity index (χ2n) is 7.35. The number of aliphatic carboxylic acids is 1. The number of carbonyl (C=O) groups excluding carboxylic acids is 2. The molecule has 3 N–H and O–H groups in total. The van der Waals surface area contributed by atoms with Crippen molar-refractivity contribution in [3.63, 3.8) is 0 Å². The molecule has 2 amide bonds. The Morgan fingerprint density at radius 3 is 2.28 bits per heavy atom. The number of carbonyl (C=O) groups is 3. The number of carboxylic acids is 1. The smallest absolute Gasteiger partial charge is 0.307 e. The zero-order chi connectivity index (χ0) is 23.3. The number of aryl methyl sites for hydroxylation is 1. The number of ether oxygens (including phenoxy) is 1. The summed E-state index contributed by atoms with van der Waals surface area (Å²) in [6.07, 6.45) is 7.52. The first-order valence-corrected chi connectivity index (χ1v) is 10.7. The van der Waals surface area contributed by atoms with E-state index in [9.17, 15) is 19.5 Å². The fourth-order valence-corrected chi connectivity index (χ4v) is 3.32. The van der Waals surface area contributed by atoms with Gasteiger partial charge in [-0.2, -0.15) is 0 Å².